The number of nitrogens with zero attached hydrogens (tertiary/aromatic N) is 1. The number of likely N-dealkylation sites (tertiary alicyclic amines) is 1. The van der Waals surface area contributed by atoms with Crippen LogP contribution in [0.25, 0.3) is 0 Å². The standard InChI is InChI=1S/C15H25NO2/c17-14(18)15(8-1-2-9-15)11-16-10-4-6-12-5-3-7-13(12)16/h12-13H,1-11H2,(H,17,18). The highest BCUT2D eigenvalue weighted by molar-refractivity contribution is 5.75. The Kier molecular flexibility index (Phi) is 3.35. The van der Waals surface area contributed by atoms with Crippen LogP contribution in [0.5, 0.6) is 0 Å². The molecule has 0 aromatic heterocycles. The largest absolute Gasteiger partial charge is 0.481 e. The van der Waals surface area contributed by atoms with Crippen LogP contribution in [-0.4, -0.2) is 35.1 Å². The zero-order valence-corrected chi connectivity index (χ0v) is 11.2. The van der Waals surface area contributed by atoms with E-state index in [1.54, 1.807) is 0 Å². The predicted octanol–water partition coefficient (Wildman–Crippen LogP) is 2.90. The Morgan fingerprint density at radius 3 is 2.56 bits per heavy atom. The molecule has 3 fully saturated rings. The Balaban J connectivity index is 1.72. The van der Waals surface area contributed by atoms with Crippen molar-refractivity contribution in [3.8, 4) is 0 Å². The van der Waals surface area contributed by atoms with Crippen LogP contribution in [-0.2, 0) is 4.79 Å². The zero-order chi connectivity index (χ0) is 12.6. The molecular formula is C15H25NO2. The first-order valence-electron chi connectivity index (χ1n) is 7.69. The summed E-state index contributed by atoms with van der Waals surface area (Å²) in [6, 6.07) is 0.704. The number of aliphatic carboxylic acids is 1. The van der Waals surface area contributed by atoms with Gasteiger partial charge in [0, 0.05) is 12.6 Å². The summed E-state index contributed by atoms with van der Waals surface area (Å²) in [5, 5.41) is 9.61. The van der Waals surface area contributed by atoms with E-state index in [2.05, 4.69) is 4.90 Å². The lowest BCUT2D eigenvalue weighted by Gasteiger charge is -2.41. The molecule has 0 bridgehead atoms. The number of carboxylic acid groups (broad SMARTS) is 1. The predicted molar refractivity (Wildman–Crippen MR) is 70.5 cm³/mol. The molecule has 2 unspecified atom stereocenters. The first-order valence-corrected chi connectivity index (χ1v) is 7.69. The molecular weight excluding hydrogens is 226 g/mol. The lowest BCUT2D eigenvalue weighted by atomic mass is 9.83. The van der Waals surface area contributed by atoms with Gasteiger partial charge in [0.1, 0.15) is 0 Å². The SMILES string of the molecule is O=C(O)C1(CN2CCCC3CCCC32)CCCC1. The summed E-state index contributed by atoms with van der Waals surface area (Å²) < 4.78 is 0. The third-order valence-electron chi connectivity index (χ3n) is 5.63. The molecule has 2 aliphatic carbocycles. The Morgan fingerprint density at radius 2 is 1.83 bits per heavy atom. The maximum atomic E-state index is 11.7. The van der Waals surface area contributed by atoms with Crippen molar-refractivity contribution in [1.29, 1.82) is 0 Å². The van der Waals surface area contributed by atoms with E-state index in [0.717, 1.165) is 44.7 Å². The minimum Gasteiger partial charge on any atom is -0.481 e. The molecule has 2 saturated carbocycles. The van der Waals surface area contributed by atoms with Crippen LogP contribution in [0.3, 0.4) is 0 Å². The van der Waals surface area contributed by atoms with Crippen LogP contribution in [0.15, 0.2) is 0 Å². The first-order chi connectivity index (χ1) is 8.71. The normalized spacial score (nSPS) is 35.6. The second-order valence-corrected chi connectivity index (χ2v) is 6.66. The van der Waals surface area contributed by atoms with Gasteiger partial charge in [0.25, 0.3) is 0 Å². The van der Waals surface area contributed by atoms with Crippen LogP contribution in [0.2, 0.25) is 0 Å². The molecule has 1 saturated heterocycles. The number of rotatable bonds is 3. The number of carboxylic acids is 1. The topological polar surface area (TPSA) is 40.5 Å². The van der Waals surface area contributed by atoms with Crippen molar-refractivity contribution in [2.45, 2.75) is 63.8 Å². The fourth-order valence-electron chi connectivity index (χ4n) is 4.63. The highest BCUT2D eigenvalue weighted by Crippen LogP contribution is 2.43. The highest BCUT2D eigenvalue weighted by atomic mass is 16.4. The van der Waals surface area contributed by atoms with E-state index < -0.39 is 11.4 Å². The molecule has 3 nitrogen and oxygen atoms in total. The molecule has 3 heteroatoms. The molecule has 1 aliphatic heterocycles. The number of fused-ring (bicyclic) bond motifs is 1. The number of piperidine rings is 1. The van der Waals surface area contributed by atoms with E-state index in [1.165, 1.54) is 32.1 Å². The van der Waals surface area contributed by atoms with Gasteiger partial charge in [-0.3, -0.25) is 9.69 Å². The molecule has 0 spiro atoms. The lowest BCUT2D eigenvalue weighted by molar-refractivity contribution is -0.150. The Morgan fingerprint density at radius 1 is 1.11 bits per heavy atom. The van der Waals surface area contributed by atoms with Gasteiger partial charge in [-0.05, 0) is 51.0 Å². The summed E-state index contributed by atoms with van der Waals surface area (Å²) in [6.45, 7) is 1.96. The highest BCUT2D eigenvalue weighted by Gasteiger charge is 2.45. The summed E-state index contributed by atoms with van der Waals surface area (Å²) in [6.07, 6.45) is 10.7. The van der Waals surface area contributed by atoms with Gasteiger partial charge >= 0.3 is 5.97 Å². The first kappa shape index (κ1) is 12.5. The van der Waals surface area contributed by atoms with Gasteiger partial charge in [-0.25, -0.2) is 0 Å². The van der Waals surface area contributed by atoms with Crippen LogP contribution in [0, 0.1) is 11.3 Å². The zero-order valence-electron chi connectivity index (χ0n) is 11.2. The molecule has 102 valence electrons. The van der Waals surface area contributed by atoms with E-state index in [1.807, 2.05) is 0 Å². The number of hydrogen-bond acceptors (Lipinski definition) is 2. The maximum absolute atomic E-state index is 11.7. The van der Waals surface area contributed by atoms with Crippen LogP contribution in [0.4, 0.5) is 0 Å². The molecule has 3 aliphatic rings. The van der Waals surface area contributed by atoms with E-state index in [0.29, 0.717) is 6.04 Å². The summed E-state index contributed by atoms with van der Waals surface area (Å²) in [5.41, 5.74) is -0.412. The molecule has 0 amide bonds. The van der Waals surface area contributed by atoms with Crippen LogP contribution in [0.1, 0.15) is 57.8 Å². The summed E-state index contributed by atoms with van der Waals surface area (Å²) in [4.78, 5) is 14.2. The third-order valence-corrected chi connectivity index (χ3v) is 5.63. The number of hydrogen-bond donors (Lipinski definition) is 1. The molecule has 0 radical (unpaired) electrons. The molecule has 3 rings (SSSR count). The smallest absolute Gasteiger partial charge is 0.310 e. The Hall–Kier alpha value is -0.570. The van der Waals surface area contributed by atoms with Crippen LogP contribution < -0.4 is 0 Å². The molecule has 18 heavy (non-hydrogen) atoms. The van der Waals surface area contributed by atoms with Gasteiger partial charge in [0.15, 0.2) is 0 Å². The Labute approximate surface area is 110 Å². The van der Waals surface area contributed by atoms with Gasteiger partial charge in [0.05, 0.1) is 5.41 Å². The van der Waals surface area contributed by atoms with E-state index in [-0.39, 0.29) is 0 Å². The average molecular weight is 251 g/mol. The minimum atomic E-state index is -0.542. The molecule has 2 atom stereocenters. The van der Waals surface area contributed by atoms with E-state index >= 15 is 0 Å². The lowest BCUT2D eigenvalue weighted by Crippen LogP contribution is -2.49. The van der Waals surface area contributed by atoms with Gasteiger partial charge in [-0.15, -0.1) is 0 Å². The van der Waals surface area contributed by atoms with Crippen molar-refractivity contribution in [3.63, 3.8) is 0 Å². The van der Waals surface area contributed by atoms with Crippen molar-refractivity contribution >= 4 is 5.97 Å². The van der Waals surface area contributed by atoms with Crippen molar-refractivity contribution in [3.05, 3.63) is 0 Å². The number of carbonyl (C=O) groups is 1. The molecule has 0 aromatic carbocycles. The summed E-state index contributed by atoms with van der Waals surface area (Å²) in [7, 11) is 0. The quantitative estimate of drug-likeness (QED) is 0.838. The fraction of sp³-hybridized carbons (Fsp3) is 0.933. The summed E-state index contributed by atoms with van der Waals surface area (Å²) in [5.74, 6) is 0.325. The molecule has 1 N–H and O–H groups in total. The second kappa shape index (κ2) is 4.84. The van der Waals surface area contributed by atoms with Crippen LogP contribution >= 0.6 is 0 Å². The van der Waals surface area contributed by atoms with Gasteiger partial charge in [-0.2, -0.15) is 0 Å². The van der Waals surface area contributed by atoms with Gasteiger partial charge in [0.2, 0.25) is 0 Å². The monoisotopic (exact) mass is 251 g/mol. The summed E-state index contributed by atoms with van der Waals surface area (Å²) >= 11 is 0. The Bertz CT molecular complexity index is 322. The average Bonchev–Trinajstić information content (AvgIpc) is 2.98. The van der Waals surface area contributed by atoms with Gasteiger partial charge in [-0.1, -0.05) is 19.3 Å². The van der Waals surface area contributed by atoms with Crippen molar-refractivity contribution < 1.29 is 9.90 Å². The van der Waals surface area contributed by atoms with E-state index in [4.69, 9.17) is 0 Å². The van der Waals surface area contributed by atoms with Crippen molar-refractivity contribution in [1.82, 2.24) is 4.90 Å². The fourth-order valence-corrected chi connectivity index (χ4v) is 4.63. The van der Waals surface area contributed by atoms with Crippen molar-refractivity contribution in [2.24, 2.45) is 11.3 Å². The molecule has 0 aromatic rings. The minimum absolute atomic E-state index is 0.412. The van der Waals surface area contributed by atoms with E-state index in [9.17, 15) is 9.90 Å². The molecule has 1 heterocycles. The van der Waals surface area contributed by atoms with Crippen molar-refractivity contribution in [2.75, 3.05) is 13.1 Å². The third kappa shape index (κ3) is 2.07. The second-order valence-electron chi connectivity index (χ2n) is 6.66. The maximum Gasteiger partial charge on any atom is 0.310 e. The van der Waals surface area contributed by atoms with Gasteiger partial charge < -0.3 is 5.11 Å².